The minimum atomic E-state index is 0. The van der Waals surface area contributed by atoms with Crippen molar-refractivity contribution in [2.75, 3.05) is 50.5 Å². The maximum absolute atomic E-state index is 12.3. The monoisotopic (exact) mass is 367 g/mol. The van der Waals surface area contributed by atoms with E-state index in [4.69, 9.17) is 0 Å². The molecule has 0 atom stereocenters. The second-order valence-corrected chi connectivity index (χ2v) is 7.10. The molecule has 1 aromatic heterocycles. The van der Waals surface area contributed by atoms with Crippen LogP contribution in [0.4, 0.5) is 11.5 Å². The molecule has 3 rings (SSSR count). The molecule has 0 aliphatic carbocycles. The molecule has 0 radical (unpaired) electrons. The molecule has 0 aromatic carbocycles. The first-order chi connectivity index (χ1) is 11.6. The van der Waals surface area contributed by atoms with Gasteiger partial charge in [0.1, 0.15) is 5.82 Å². The molecule has 25 heavy (non-hydrogen) atoms. The number of amides is 1. The van der Waals surface area contributed by atoms with Crippen molar-refractivity contribution in [2.45, 2.75) is 31.7 Å². The van der Waals surface area contributed by atoms with Gasteiger partial charge in [-0.05, 0) is 65.0 Å². The van der Waals surface area contributed by atoms with Gasteiger partial charge in [0.25, 0.3) is 0 Å². The lowest BCUT2D eigenvalue weighted by Gasteiger charge is -2.36. The Labute approximate surface area is 156 Å². The lowest BCUT2D eigenvalue weighted by atomic mass is 9.97. The predicted octanol–water partition coefficient (Wildman–Crippen LogP) is 1.97. The third-order valence-corrected chi connectivity index (χ3v) is 5.27. The van der Waals surface area contributed by atoms with Gasteiger partial charge < -0.3 is 20.4 Å². The number of halogens is 1. The highest BCUT2D eigenvalue weighted by atomic mass is 35.5. The van der Waals surface area contributed by atoms with E-state index in [0.717, 1.165) is 44.7 Å². The van der Waals surface area contributed by atoms with Crippen LogP contribution in [0.3, 0.4) is 0 Å². The molecule has 2 saturated heterocycles. The van der Waals surface area contributed by atoms with Crippen LogP contribution >= 0.6 is 12.4 Å². The van der Waals surface area contributed by atoms with E-state index in [0.29, 0.717) is 11.9 Å². The standard InChI is InChI=1S/C18H29N5O.ClH/c1-22(2)15-7-11-23(12-8-15)16-3-4-17(20-13-16)21-18(24)14-5-9-19-10-6-14;/h3-4,13-15,19H,5-12H2,1-2H3,(H,20,21,24);1H. The van der Waals surface area contributed by atoms with Crippen LogP contribution in [0.5, 0.6) is 0 Å². The smallest absolute Gasteiger partial charge is 0.228 e. The number of anilines is 2. The fourth-order valence-corrected chi connectivity index (χ4v) is 3.60. The van der Waals surface area contributed by atoms with E-state index in [-0.39, 0.29) is 24.2 Å². The van der Waals surface area contributed by atoms with Crippen molar-refractivity contribution in [2.24, 2.45) is 5.92 Å². The largest absolute Gasteiger partial charge is 0.370 e. The second-order valence-electron chi connectivity index (χ2n) is 7.10. The number of hydrogen-bond acceptors (Lipinski definition) is 5. The van der Waals surface area contributed by atoms with Crippen LogP contribution < -0.4 is 15.5 Å². The van der Waals surface area contributed by atoms with E-state index in [9.17, 15) is 4.79 Å². The molecule has 0 unspecified atom stereocenters. The van der Waals surface area contributed by atoms with Gasteiger partial charge in [0.05, 0.1) is 11.9 Å². The molecule has 1 aromatic rings. The van der Waals surface area contributed by atoms with Crippen molar-refractivity contribution >= 4 is 29.8 Å². The predicted molar refractivity (Wildman–Crippen MR) is 105 cm³/mol. The SMILES string of the molecule is CN(C)C1CCN(c2ccc(NC(=O)C3CCNCC3)nc2)CC1.Cl. The number of nitrogens with one attached hydrogen (secondary N) is 2. The molecule has 6 nitrogen and oxygen atoms in total. The normalized spacial score (nSPS) is 19.6. The molecule has 140 valence electrons. The maximum Gasteiger partial charge on any atom is 0.228 e. The number of nitrogens with zero attached hydrogens (tertiary/aromatic N) is 3. The Morgan fingerprint density at radius 3 is 2.44 bits per heavy atom. The average Bonchev–Trinajstić information content (AvgIpc) is 2.63. The molecule has 0 bridgehead atoms. The van der Waals surface area contributed by atoms with Gasteiger partial charge in [0.2, 0.25) is 5.91 Å². The zero-order valence-electron chi connectivity index (χ0n) is 15.2. The minimum absolute atomic E-state index is 0. The Bertz CT molecular complexity index is 537. The summed E-state index contributed by atoms with van der Waals surface area (Å²) >= 11 is 0. The number of carbonyl (C=O) groups is 1. The first kappa shape index (κ1) is 19.9. The van der Waals surface area contributed by atoms with Crippen molar-refractivity contribution in [1.29, 1.82) is 0 Å². The van der Waals surface area contributed by atoms with Crippen LogP contribution in [0, 0.1) is 5.92 Å². The van der Waals surface area contributed by atoms with E-state index in [1.54, 1.807) is 0 Å². The number of rotatable bonds is 4. The first-order valence-corrected chi connectivity index (χ1v) is 9.02. The summed E-state index contributed by atoms with van der Waals surface area (Å²) in [5.41, 5.74) is 1.15. The van der Waals surface area contributed by atoms with Crippen molar-refractivity contribution in [1.82, 2.24) is 15.2 Å². The summed E-state index contributed by atoms with van der Waals surface area (Å²) in [5.74, 6) is 0.867. The number of pyridine rings is 1. The maximum atomic E-state index is 12.3. The lowest BCUT2D eigenvalue weighted by molar-refractivity contribution is -0.120. The summed E-state index contributed by atoms with van der Waals surface area (Å²) in [6.45, 7) is 3.97. The van der Waals surface area contributed by atoms with Crippen LogP contribution in [-0.4, -0.2) is 62.1 Å². The van der Waals surface area contributed by atoms with Gasteiger partial charge in [0.15, 0.2) is 0 Å². The molecule has 2 aliphatic heterocycles. The van der Waals surface area contributed by atoms with Gasteiger partial charge in [-0.25, -0.2) is 4.98 Å². The van der Waals surface area contributed by atoms with Gasteiger partial charge in [-0.15, -0.1) is 12.4 Å². The lowest BCUT2D eigenvalue weighted by Crippen LogP contribution is -2.42. The van der Waals surface area contributed by atoms with E-state index < -0.39 is 0 Å². The Morgan fingerprint density at radius 1 is 1.20 bits per heavy atom. The quantitative estimate of drug-likeness (QED) is 0.852. The Kier molecular flexibility index (Phi) is 7.47. The third kappa shape index (κ3) is 5.30. The first-order valence-electron chi connectivity index (χ1n) is 9.02. The fourth-order valence-electron chi connectivity index (χ4n) is 3.60. The van der Waals surface area contributed by atoms with E-state index in [1.165, 1.54) is 12.8 Å². The highest BCUT2D eigenvalue weighted by molar-refractivity contribution is 5.91. The summed E-state index contributed by atoms with van der Waals surface area (Å²) in [7, 11) is 4.31. The Morgan fingerprint density at radius 2 is 1.88 bits per heavy atom. The topological polar surface area (TPSA) is 60.5 Å². The minimum Gasteiger partial charge on any atom is -0.370 e. The van der Waals surface area contributed by atoms with E-state index >= 15 is 0 Å². The number of hydrogen-bond donors (Lipinski definition) is 2. The van der Waals surface area contributed by atoms with E-state index in [2.05, 4.69) is 45.6 Å². The summed E-state index contributed by atoms with van der Waals surface area (Å²) in [6.07, 6.45) is 6.06. The number of piperidine rings is 2. The molecule has 3 heterocycles. The van der Waals surface area contributed by atoms with Gasteiger partial charge in [-0.1, -0.05) is 0 Å². The Balaban J connectivity index is 0.00000225. The second kappa shape index (κ2) is 9.36. The van der Waals surface area contributed by atoms with Crippen LogP contribution in [0.25, 0.3) is 0 Å². The van der Waals surface area contributed by atoms with Crippen molar-refractivity contribution in [3.05, 3.63) is 18.3 Å². The zero-order valence-corrected chi connectivity index (χ0v) is 16.0. The van der Waals surface area contributed by atoms with Gasteiger partial charge in [0, 0.05) is 25.0 Å². The molecule has 2 N–H and O–H groups in total. The van der Waals surface area contributed by atoms with Crippen LogP contribution in [-0.2, 0) is 4.79 Å². The Hall–Kier alpha value is -1.37. The van der Waals surface area contributed by atoms with Crippen LogP contribution in [0.1, 0.15) is 25.7 Å². The summed E-state index contributed by atoms with van der Waals surface area (Å²) in [4.78, 5) is 21.4. The van der Waals surface area contributed by atoms with Gasteiger partial charge in [-0.2, -0.15) is 0 Å². The molecular formula is C18H30ClN5O. The van der Waals surface area contributed by atoms with Gasteiger partial charge in [-0.3, -0.25) is 4.79 Å². The fraction of sp³-hybridized carbons (Fsp3) is 0.667. The van der Waals surface area contributed by atoms with E-state index in [1.807, 2.05) is 12.3 Å². The molecule has 0 spiro atoms. The van der Waals surface area contributed by atoms with Crippen LogP contribution in [0.15, 0.2) is 18.3 Å². The van der Waals surface area contributed by atoms with Gasteiger partial charge >= 0.3 is 0 Å². The highest BCUT2D eigenvalue weighted by Gasteiger charge is 2.22. The summed E-state index contributed by atoms with van der Waals surface area (Å²) in [6, 6.07) is 4.67. The molecule has 2 fully saturated rings. The highest BCUT2D eigenvalue weighted by Crippen LogP contribution is 2.22. The van der Waals surface area contributed by atoms with Crippen LogP contribution in [0.2, 0.25) is 0 Å². The summed E-state index contributed by atoms with van der Waals surface area (Å²) in [5, 5.41) is 6.24. The van der Waals surface area contributed by atoms with Crippen molar-refractivity contribution in [3.63, 3.8) is 0 Å². The molecule has 2 aliphatic rings. The zero-order chi connectivity index (χ0) is 16.9. The average molecular weight is 368 g/mol. The van der Waals surface area contributed by atoms with Crippen molar-refractivity contribution in [3.8, 4) is 0 Å². The number of carbonyl (C=O) groups excluding carboxylic acids is 1. The van der Waals surface area contributed by atoms with Crippen molar-refractivity contribution < 1.29 is 4.79 Å². The third-order valence-electron chi connectivity index (χ3n) is 5.27. The molecular weight excluding hydrogens is 338 g/mol. The molecule has 0 saturated carbocycles. The number of aromatic nitrogens is 1. The molecule has 7 heteroatoms. The molecule has 1 amide bonds. The summed E-state index contributed by atoms with van der Waals surface area (Å²) < 4.78 is 0.